The van der Waals surface area contributed by atoms with Crippen LogP contribution in [-0.4, -0.2) is 31.1 Å². The second-order valence-corrected chi connectivity index (χ2v) is 6.51. The molecule has 7 nitrogen and oxygen atoms in total. The Morgan fingerprint density at radius 2 is 2.12 bits per heavy atom. The molecule has 0 atom stereocenters. The number of amides is 1. The number of tetrazole rings is 1. The highest BCUT2D eigenvalue weighted by Gasteiger charge is 2.08. The Kier molecular flexibility index (Phi) is 4.48. The minimum absolute atomic E-state index is 0.204. The highest BCUT2D eigenvalue weighted by Crippen LogP contribution is 2.19. The molecular weight excluding hydrogens is 324 g/mol. The topological polar surface area (TPSA) is 85.6 Å². The number of rotatable bonds is 4. The summed E-state index contributed by atoms with van der Waals surface area (Å²) < 4.78 is 1.64. The van der Waals surface area contributed by atoms with Crippen LogP contribution in [0.3, 0.4) is 0 Å². The Morgan fingerprint density at radius 1 is 1.29 bits per heavy atom. The third kappa shape index (κ3) is 3.54. The summed E-state index contributed by atoms with van der Waals surface area (Å²) in [4.78, 5) is 17.2. The Morgan fingerprint density at radius 3 is 2.79 bits per heavy atom. The van der Waals surface area contributed by atoms with E-state index in [9.17, 15) is 4.79 Å². The van der Waals surface area contributed by atoms with Gasteiger partial charge in [-0.3, -0.25) is 4.79 Å². The van der Waals surface area contributed by atoms with E-state index in [0.717, 1.165) is 21.1 Å². The molecule has 0 aliphatic carbocycles. The summed E-state index contributed by atoms with van der Waals surface area (Å²) in [5.74, 6) is 0.478. The maximum absolute atomic E-state index is 12.1. The molecule has 3 aromatic rings. The van der Waals surface area contributed by atoms with Crippen LogP contribution in [-0.2, 0) is 4.79 Å². The minimum Gasteiger partial charge on any atom is -0.322 e. The number of hydrogen-bond acceptors (Lipinski definition) is 6. The molecule has 24 heavy (non-hydrogen) atoms. The van der Waals surface area contributed by atoms with Gasteiger partial charge in [0.2, 0.25) is 5.91 Å². The van der Waals surface area contributed by atoms with Crippen molar-refractivity contribution in [3.05, 3.63) is 51.7 Å². The first kappa shape index (κ1) is 16.0. The number of nitrogens with one attached hydrogen (secondary N) is 1. The monoisotopic (exact) mass is 340 g/mol. The third-order valence-electron chi connectivity index (χ3n) is 3.37. The van der Waals surface area contributed by atoms with Gasteiger partial charge in [0.1, 0.15) is 0 Å². The SMILES string of the molecule is Cc1ncc(C=CC(=O)Nc2ccc(C)c(-n3nnnc3C)c2)s1. The number of carbonyl (C=O) groups is 1. The first-order valence-electron chi connectivity index (χ1n) is 7.30. The first-order chi connectivity index (χ1) is 11.5. The van der Waals surface area contributed by atoms with E-state index < -0.39 is 0 Å². The summed E-state index contributed by atoms with van der Waals surface area (Å²) in [5.41, 5.74) is 2.53. The van der Waals surface area contributed by atoms with Crippen LogP contribution in [0.25, 0.3) is 11.8 Å². The summed E-state index contributed by atoms with van der Waals surface area (Å²) in [7, 11) is 0. The van der Waals surface area contributed by atoms with E-state index in [-0.39, 0.29) is 5.91 Å². The molecule has 0 bridgehead atoms. The number of thiazole rings is 1. The van der Waals surface area contributed by atoms with Crippen LogP contribution in [0.15, 0.2) is 30.5 Å². The van der Waals surface area contributed by atoms with E-state index in [0.29, 0.717) is 11.5 Å². The van der Waals surface area contributed by atoms with Crippen LogP contribution in [0.1, 0.15) is 21.3 Å². The predicted molar refractivity (Wildman–Crippen MR) is 93.1 cm³/mol. The molecule has 0 saturated heterocycles. The molecule has 3 rings (SSSR count). The molecule has 0 aliphatic heterocycles. The number of aromatic nitrogens is 5. The zero-order valence-electron chi connectivity index (χ0n) is 13.5. The van der Waals surface area contributed by atoms with Crippen molar-refractivity contribution in [1.29, 1.82) is 0 Å². The van der Waals surface area contributed by atoms with Gasteiger partial charge in [0.15, 0.2) is 5.82 Å². The smallest absolute Gasteiger partial charge is 0.248 e. The van der Waals surface area contributed by atoms with Crippen LogP contribution in [0.2, 0.25) is 0 Å². The largest absolute Gasteiger partial charge is 0.322 e. The lowest BCUT2D eigenvalue weighted by Gasteiger charge is -2.09. The van der Waals surface area contributed by atoms with Crippen LogP contribution in [0, 0.1) is 20.8 Å². The van der Waals surface area contributed by atoms with Gasteiger partial charge in [-0.25, -0.2) is 4.98 Å². The molecule has 1 aromatic carbocycles. The van der Waals surface area contributed by atoms with Crippen molar-refractivity contribution in [2.24, 2.45) is 0 Å². The van der Waals surface area contributed by atoms with Gasteiger partial charge in [-0.2, -0.15) is 4.68 Å². The number of benzene rings is 1. The highest BCUT2D eigenvalue weighted by atomic mass is 32.1. The van der Waals surface area contributed by atoms with Gasteiger partial charge in [-0.05, 0) is 55.0 Å². The lowest BCUT2D eigenvalue weighted by molar-refractivity contribution is -0.111. The van der Waals surface area contributed by atoms with Crippen molar-refractivity contribution in [2.75, 3.05) is 5.32 Å². The van der Waals surface area contributed by atoms with Crippen molar-refractivity contribution >= 4 is 29.0 Å². The highest BCUT2D eigenvalue weighted by molar-refractivity contribution is 7.12. The van der Waals surface area contributed by atoms with E-state index in [1.54, 1.807) is 17.0 Å². The Labute approximate surface area is 143 Å². The lowest BCUT2D eigenvalue weighted by atomic mass is 10.1. The maximum atomic E-state index is 12.1. The molecule has 0 spiro atoms. The Bertz CT molecular complexity index is 911. The van der Waals surface area contributed by atoms with E-state index >= 15 is 0 Å². The third-order valence-corrected chi connectivity index (χ3v) is 4.25. The van der Waals surface area contributed by atoms with Gasteiger partial charge < -0.3 is 5.32 Å². The maximum Gasteiger partial charge on any atom is 0.248 e. The summed E-state index contributed by atoms with van der Waals surface area (Å²) in [6.45, 7) is 5.72. The quantitative estimate of drug-likeness (QED) is 0.738. The van der Waals surface area contributed by atoms with Crippen molar-refractivity contribution in [3.63, 3.8) is 0 Å². The van der Waals surface area contributed by atoms with Crippen molar-refractivity contribution in [2.45, 2.75) is 20.8 Å². The molecule has 0 fully saturated rings. The Hall–Kier alpha value is -2.87. The number of nitrogens with zero attached hydrogens (tertiary/aromatic N) is 5. The van der Waals surface area contributed by atoms with Crippen molar-refractivity contribution < 1.29 is 4.79 Å². The van der Waals surface area contributed by atoms with Gasteiger partial charge >= 0.3 is 0 Å². The van der Waals surface area contributed by atoms with Gasteiger partial charge in [-0.15, -0.1) is 16.4 Å². The molecule has 0 unspecified atom stereocenters. The molecule has 1 amide bonds. The van der Waals surface area contributed by atoms with Crippen molar-refractivity contribution in [1.82, 2.24) is 25.2 Å². The zero-order valence-corrected chi connectivity index (χ0v) is 14.3. The lowest BCUT2D eigenvalue weighted by Crippen LogP contribution is -2.09. The molecule has 122 valence electrons. The summed E-state index contributed by atoms with van der Waals surface area (Å²) in [6, 6.07) is 5.62. The fraction of sp³-hybridized carbons (Fsp3) is 0.188. The molecule has 2 heterocycles. The van der Waals surface area contributed by atoms with E-state index in [4.69, 9.17) is 0 Å². The normalized spacial score (nSPS) is 11.1. The first-order valence-corrected chi connectivity index (χ1v) is 8.12. The molecule has 0 radical (unpaired) electrons. The van der Waals surface area contributed by atoms with Crippen molar-refractivity contribution in [3.8, 4) is 5.69 Å². The van der Waals surface area contributed by atoms with Crippen LogP contribution in [0.4, 0.5) is 5.69 Å². The number of carbonyl (C=O) groups excluding carboxylic acids is 1. The Balaban J connectivity index is 1.77. The average Bonchev–Trinajstić information content (AvgIpc) is 3.16. The summed E-state index contributed by atoms with van der Waals surface area (Å²) in [6.07, 6.45) is 4.99. The number of aryl methyl sites for hydroxylation is 3. The fourth-order valence-electron chi connectivity index (χ4n) is 2.17. The van der Waals surface area contributed by atoms with Crippen LogP contribution < -0.4 is 5.32 Å². The standard InChI is InChI=1S/C16H16N6OS/c1-10-4-5-13(8-15(10)22-11(2)19-20-21-22)18-16(23)7-6-14-9-17-12(3)24-14/h4-9H,1-3H3,(H,18,23). The van der Waals surface area contributed by atoms with Gasteiger partial charge in [0, 0.05) is 22.8 Å². The van der Waals surface area contributed by atoms with Crippen LogP contribution >= 0.6 is 11.3 Å². The van der Waals surface area contributed by atoms with E-state index in [1.165, 1.54) is 17.4 Å². The molecular formula is C16H16N6OS. The van der Waals surface area contributed by atoms with Gasteiger partial charge in [0.25, 0.3) is 0 Å². The molecule has 0 aliphatic rings. The van der Waals surface area contributed by atoms with E-state index in [1.807, 2.05) is 39.0 Å². The van der Waals surface area contributed by atoms with E-state index in [2.05, 4.69) is 25.8 Å². The number of hydrogen-bond donors (Lipinski definition) is 1. The summed E-state index contributed by atoms with van der Waals surface area (Å²) in [5, 5.41) is 15.3. The minimum atomic E-state index is -0.204. The summed E-state index contributed by atoms with van der Waals surface area (Å²) >= 11 is 1.54. The molecule has 1 N–H and O–H groups in total. The number of anilines is 1. The van der Waals surface area contributed by atoms with Gasteiger partial charge in [0.05, 0.1) is 10.7 Å². The fourth-order valence-corrected chi connectivity index (χ4v) is 2.85. The zero-order chi connectivity index (χ0) is 17.1. The average molecular weight is 340 g/mol. The molecule has 2 aromatic heterocycles. The predicted octanol–water partition coefficient (Wildman–Crippen LogP) is 2.70. The van der Waals surface area contributed by atoms with Gasteiger partial charge in [-0.1, -0.05) is 6.07 Å². The second kappa shape index (κ2) is 6.71. The van der Waals surface area contributed by atoms with Crippen LogP contribution in [0.5, 0.6) is 0 Å². The second-order valence-electron chi connectivity index (χ2n) is 5.24. The molecule has 0 saturated carbocycles. The molecule has 8 heteroatoms.